The lowest BCUT2D eigenvalue weighted by molar-refractivity contribution is -0.722. The van der Waals surface area contributed by atoms with Gasteiger partial charge in [0, 0.05) is 0 Å². The molecule has 0 aromatic carbocycles. The van der Waals surface area contributed by atoms with Crippen LogP contribution in [0.4, 0.5) is 4.79 Å². The van der Waals surface area contributed by atoms with Gasteiger partial charge in [-0.25, -0.2) is 4.79 Å². The molecule has 14 heavy (non-hydrogen) atoms. The van der Waals surface area contributed by atoms with E-state index >= 15 is 0 Å². The fourth-order valence-electron chi connectivity index (χ4n) is 0.914. The van der Waals surface area contributed by atoms with E-state index in [1.165, 1.54) is 14.2 Å². The monoisotopic (exact) mass is 315 g/mol. The third kappa shape index (κ3) is 3.91. The Morgan fingerprint density at radius 1 is 1.36 bits per heavy atom. The second-order valence-electron chi connectivity index (χ2n) is 3.68. The van der Waals surface area contributed by atoms with E-state index in [2.05, 4.69) is 4.74 Å². The summed E-state index contributed by atoms with van der Waals surface area (Å²) in [5, 5.41) is 0. The zero-order chi connectivity index (χ0) is 10.6. The van der Waals surface area contributed by atoms with Crippen molar-refractivity contribution in [3.63, 3.8) is 0 Å². The first kappa shape index (κ1) is 16.3. The van der Waals surface area contributed by atoms with Gasteiger partial charge >= 0.3 is 12.0 Å². The Morgan fingerprint density at radius 3 is 2.07 bits per heavy atom. The SMILES string of the molecule is CCC(C)(C)C(=O)[NH+](C)C(=O)OC.[I-]. The van der Waals surface area contributed by atoms with Gasteiger partial charge in [0.05, 0.1) is 19.6 Å². The first-order valence-corrected chi connectivity index (χ1v) is 4.33. The minimum Gasteiger partial charge on any atom is -1.00 e. The number of nitrogens with one attached hydrogen (secondary N) is 1. The molecule has 4 nitrogen and oxygen atoms in total. The van der Waals surface area contributed by atoms with Gasteiger partial charge in [0.25, 0.3) is 0 Å². The minimum atomic E-state index is -0.536. The number of methoxy groups -OCH3 is 1. The summed E-state index contributed by atoms with van der Waals surface area (Å²) in [4.78, 5) is 22.9. The highest BCUT2D eigenvalue weighted by Crippen LogP contribution is 2.17. The van der Waals surface area contributed by atoms with Crippen LogP contribution in [0.25, 0.3) is 0 Å². The van der Waals surface area contributed by atoms with Gasteiger partial charge in [0.2, 0.25) is 0 Å². The Kier molecular flexibility index (Phi) is 7.37. The van der Waals surface area contributed by atoms with Crippen LogP contribution in [0.2, 0.25) is 0 Å². The lowest BCUT2D eigenvalue weighted by Crippen LogP contribution is -3.15. The van der Waals surface area contributed by atoms with E-state index < -0.39 is 11.5 Å². The van der Waals surface area contributed by atoms with Crippen molar-refractivity contribution in [1.29, 1.82) is 0 Å². The number of rotatable bonds is 2. The zero-order valence-electron chi connectivity index (χ0n) is 9.31. The van der Waals surface area contributed by atoms with Gasteiger partial charge in [-0.3, -0.25) is 0 Å². The summed E-state index contributed by atoms with van der Waals surface area (Å²) in [7, 11) is 2.78. The minimum absolute atomic E-state index is 0. The summed E-state index contributed by atoms with van der Waals surface area (Å²) in [5.74, 6) is -0.137. The number of carbonyl (C=O) groups excluding carboxylic acids is 2. The fraction of sp³-hybridized carbons (Fsp3) is 0.778. The largest absolute Gasteiger partial charge is 1.00 e. The van der Waals surface area contributed by atoms with Gasteiger partial charge in [0.15, 0.2) is 0 Å². The standard InChI is InChI=1S/C9H17NO3.HI/c1-6-9(2,3)7(11)10(4)8(12)13-5;/h6H2,1-5H3;1H. The van der Waals surface area contributed by atoms with Gasteiger partial charge in [-0.05, 0) is 20.3 Å². The molecule has 2 amide bonds. The smallest absolute Gasteiger partial charge is 0.521 e. The summed E-state index contributed by atoms with van der Waals surface area (Å²) < 4.78 is 4.48. The molecule has 1 atom stereocenters. The molecule has 0 saturated heterocycles. The van der Waals surface area contributed by atoms with Crippen molar-refractivity contribution in [2.24, 2.45) is 5.41 Å². The van der Waals surface area contributed by atoms with Gasteiger partial charge in [0.1, 0.15) is 0 Å². The molecule has 1 unspecified atom stereocenters. The Hall–Kier alpha value is -0.170. The van der Waals surface area contributed by atoms with Crippen LogP contribution in [0, 0.1) is 5.41 Å². The number of hydrogen-bond acceptors (Lipinski definition) is 3. The van der Waals surface area contributed by atoms with Gasteiger partial charge in [-0.1, -0.05) is 6.92 Å². The number of ether oxygens (including phenoxy) is 1. The van der Waals surface area contributed by atoms with E-state index in [1.54, 1.807) is 0 Å². The van der Waals surface area contributed by atoms with Crippen molar-refractivity contribution in [1.82, 2.24) is 0 Å². The normalized spacial score (nSPS) is 12.6. The second kappa shape index (κ2) is 6.34. The number of imide groups is 1. The van der Waals surface area contributed by atoms with E-state index in [1.807, 2.05) is 20.8 Å². The molecule has 0 aromatic rings. The van der Waals surface area contributed by atoms with E-state index in [4.69, 9.17) is 0 Å². The molecule has 84 valence electrons. The molecule has 0 aliphatic rings. The Morgan fingerprint density at radius 2 is 1.79 bits per heavy atom. The van der Waals surface area contributed by atoms with E-state index in [0.29, 0.717) is 6.42 Å². The van der Waals surface area contributed by atoms with Crippen molar-refractivity contribution in [2.75, 3.05) is 14.2 Å². The lowest BCUT2D eigenvalue weighted by atomic mass is 9.89. The number of halogens is 1. The number of amides is 2. The Balaban J connectivity index is 0. The van der Waals surface area contributed by atoms with Crippen molar-refractivity contribution in [3.05, 3.63) is 0 Å². The molecule has 1 N–H and O–H groups in total. The second-order valence-corrected chi connectivity index (χ2v) is 3.68. The van der Waals surface area contributed by atoms with Crippen molar-refractivity contribution >= 4 is 12.0 Å². The fourth-order valence-corrected chi connectivity index (χ4v) is 0.914. The van der Waals surface area contributed by atoms with Crippen molar-refractivity contribution in [3.8, 4) is 0 Å². The Labute approximate surface area is 102 Å². The van der Waals surface area contributed by atoms with Crippen molar-refractivity contribution < 1.29 is 43.2 Å². The maximum atomic E-state index is 11.7. The van der Waals surface area contributed by atoms with Gasteiger partial charge in [-0.2, -0.15) is 9.69 Å². The van der Waals surface area contributed by atoms with Crippen LogP contribution in [0.5, 0.6) is 0 Å². The predicted molar refractivity (Wildman–Crippen MR) is 48.4 cm³/mol. The predicted octanol–water partition coefficient (Wildman–Crippen LogP) is -2.77. The van der Waals surface area contributed by atoms with Crippen LogP contribution in [0.1, 0.15) is 27.2 Å². The van der Waals surface area contributed by atoms with E-state index in [-0.39, 0.29) is 34.8 Å². The summed E-state index contributed by atoms with van der Waals surface area (Å²) in [6.45, 7) is 5.56. The third-order valence-corrected chi connectivity index (χ3v) is 2.33. The summed E-state index contributed by atoms with van der Waals surface area (Å²) in [6, 6.07) is 0. The highest BCUT2D eigenvalue weighted by atomic mass is 127. The molecular weight excluding hydrogens is 297 g/mol. The summed E-state index contributed by atoms with van der Waals surface area (Å²) in [6.07, 6.45) is 0.173. The lowest BCUT2D eigenvalue weighted by Gasteiger charge is -2.20. The van der Waals surface area contributed by atoms with Crippen LogP contribution < -0.4 is 28.9 Å². The molecule has 0 aromatic heterocycles. The quantitative estimate of drug-likeness (QED) is 0.562. The van der Waals surface area contributed by atoms with E-state index in [9.17, 15) is 9.59 Å². The first-order chi connectivity index (χ1) is 5.86. The van der Waals surface area contributed by atoms with Gasteiger partial charge in [-0.15, -0.1) is 0 Å². The first-order valence-electron chi connectivity index (χ1n) is 4.33. The zero-order valence-corrected chi connectivity index (χ0v) is 11.5. The number of quaternary nitrogens is 1. The maximum absolute atomic E-state index is 11.7. The average molecular weight is 315 g/mol. The highest BCUT2D eigenvalue weighted by molar-refractivity contribution is 5.81. The van der Waals surface area contributed by atoms with Crippen LogP contribution in [-0.4, -0.2) is 26.2 Å². The third-order valence-electron chi connectivity index (χ3n) is 2.33. The number of hydrogen-bond donors (Lipinski definition) is 1. The van der Waals surface area contributed by atoms with Gasteiger partial charge < -0.3 is 28.7 Å². The van der Waals surface area contributed by atoms with E-state index in [0.717, 1.165) is 0 Å². The van der Waals surface area contributed by atoms with Crippen LogP contribution in [0.15, 0.2) is 0 Å². The molecule has 0 heterocycles. The number of carbonyl (C=O) groups is 2. The molecule has 0 saturated carbocycles. The molecular formula is C9H18INO3. The summed E-state index contributed by atoms with van der Waals surface area (Å²) >= 11 is 0. The summed E-state index contributed by atoms with van der Waals surface area (Å²) in [5.41, 5.74) is -0.474. The highest BCUT2D eigenvalue weighted by Gasteiger charge is 2.37. The molecule has 0 rings (SSSR count). The molecule has 0 bridgehead atoms. The van der Waals surface area contributed by atoms with Crippen LogP contribution >= 0.6 is 0 Å². The average Bonchev–Trinajstić information content (AvgIpc) is 2.14. The molecule has 0 radical (unpaired) electrons. The Bertz CT molecular complexity index is 216. The molecule has 0 spiro atoms. The molecule has 0 aliphatic heterocycles. The molecule has 0 aliphatic carbocycles. The molecule has 5 heteroatoms. The van der Waals surface area contributed by atoms with Crippen molar-refractivity contribution in [2.45, 2.75) is 27.2 Å². The maximum Gasteiger partial charge on any atom is 0.521 e. The van der Waals surface area contributed by atoms with Crippen LogP contribution in [0.3, 0.4) is 0 Å². The van der Waals surface area contributed by atoms with Crippen LogP contribution in [-0.2, 0) is 9.53 Å². The molecule has 0 fully saturated rings. The number of alkyl carbamates (subject to hydrolysis) is 2. The topological polar surface area (TPSA) is 47.8 Å².